The van der Waals surface area contributed by atoms with Crippen molar-refractivity contribution in [1.82, 2.24) is 4.90 Å². The number of nitrogens with zero attached hydrogens (tertiary/aromatic N) is 2. The van der Waals surface area contributed by atoms with E-state index in [-0.39, 0.29) is 5.91 Å². The third kappa shape index (κ3) is 3.98. The van der Waals surface area contributed by atoms with Crippen molar-refractivity contribution in [2.45, 2.75) is 30.6 Å². The molecule has 4 heteroatoms. The predicted molar refractivity (Wildman–Crippen MR) is 135 cm³/mol. The number of piperidine rings is 1. The van der Waals surface area contributed by atoms with Gasteiger partial charge in [-0.1, -0.05) is 78.9 Å². The molecule has 4 nitrogen and oxygen atoms in total. The summed E-state index contributed by atoms with van der Waals surface area (Å²) in [6.45, 7) is 4.07. The normalized spacial score (nSPS) is 21.4. The SMILES string of the molecule is NCCN1C(=O)C(CCN2CCC(c3ccccc3)CC2)(c2ccccc2)c2ccccc21. The molecule has 1 fully saturated rings. The van der Waals surface area contributed by atoms with Crippen LogP contribution in [-0.2, 0) is 10.2 Å². The minimum Gasteiger partial charge on any atom is -0.329 e. The maximum atomic E-state index is 14.0. The van der Waals surface area contributed by atoms with Crippen LogP contribution in [0.2, 0.25) is 0 Å². The topological polar surface area (TPSA) is 49.6 Å². The summed E-state index contributed by atoms with van der Waals surface area (Å²) in [5.74, 6) is 0.805. The van der Waals surface area contributed by atoms with Crippen molar-refractivity contribution < 1.29 is 4.79 Å². The van der Waals surface area contributed by atoms with Gasteiger partial charge >= 0.3 is 0 Å². The van der Waals surface area contributed by atoms with Crippen molar-refractivity contribution in [3.8, 4) is 0 Å². The zero-order valence-electron chi connectivity index (χ0n) is 19.2. The summed E-state index contributed by atoms with van der Waals surface area (Å²) < 4.78 is 0. The van der Waals surface area contributed by atoms with E-state index in [0.717, 1.165) is 42.9 Å². The highest BCUT2D eigenvalue weighted by Gasteiger charge is 2.51. The first-order valence-electron chi connectivity index (χ1n) is 12.2. The maximum absolute atomic E-state index is 14.0. The molecule has 0 aliphatic carbocycles. The van der Waals surface area contributed by atoms with Crippen LogP contribution in [0.1, 0.15) is 41.9 Å². The van der Waals surface area contributed by atoms with Gasteiger partial charge in [0.1, 0.15) is 5.41 Å². The van der Waals surface area contributed by atoms with Gasteiger partial charge in [0.15, 0.2) is 0 Å². The number of likely N-dealkylation sites (tertiary alicyclic amines) is 1. The predicted octanol–water partition coefficient (Wildman–Crippen LogP) is 4.55. The number of carbonyl (C=O) groups is 1. The fourth-order valence-corrected chi connectivity index (χ4v) is 5.80. The Morgan fingerprint density at radius 2 is 1.45 bits per heavy atom. The Balaban J connectivity index is 1.40. The summed E-state index contributed by atoms with van der Waals surface area (Å²) >= 11 is 0. The fourth-order valence-electron chi connectivity index (χ4n) is 5.80. The molecule has 1 unspecified atom stereocenters. The molecule has 2 N–H and O–H groups in total. The second kappa shape index (κ2) is 9.50. The Bertz CT molecular complexity index is 1080. The standard InChI is InChI=1S/C29H33N3O/c30-18-22-32-27-14-8-7-13-26(27)29(28(32)33,25-11-5-2-6-12-25)17-21-31-19-15-24(16-20-31)23-9-3-1-4-10-23/h1-14,24H,15-22,30H2. The van der Waals surface area contributed by atoms with Gasteiger partial charge in [0, 0.05) is 18.8 Å². The van der Waals surface area contributed by atoms with Crippen LogP contribution in [0.4, 0.5) is 5.69 Å². The minimum absolute atomic E-state index is 0.166. The van der Waals surface area contributed by atoms with Crippen LogP contribution in [0, 0.1) is 0 Å². The van der Waals surface area contributed by atoms with E-state index in [1.807, 2.05) is 29.2 Å². The molecule has 0 bridgehead atoms. The van der Waals surface area contributed by atoms with E-state index in [4.69, 9.17) is 5.73 Å². The quantitative estimate of drug-likeness (QED) is 0.588. The third-order valence-electron chi connectivity index (χ3n) is 7.55. The first-order chi connectivity index (χ1) is 16.2. The number of benzene rings is 3. The Morgan fingerprint density at radius 3 is 2.15 bits per heavy atom. The molecule has 2 heterocycles. The van der Waals surface area contributed by atoms with Crippen LogP contribution in [0.15, 0.2) is 84.9 Å². The highest BCUT2D eigenvalue weighted by molar-refractivity contribution is 6.10. The van der Waals surface area contributed by atoms with E-state index >= 15 is 0 Å². The van der Waals surface area contributed by atoms with Crippen LogP contribution >= 0.6 is 0 Å². The molecule has 1 amide bonds. The lowest BCUT2D eigenvalue weighted by atomic mass is 9.72. The van der Waals surface area contributed by atoms with Crippen LogP contribution in [0.3, 0.4) is 0 Å². The molecule has 0 spiro atoms. The van der Waals surface area contributed by atoms with E-state index in [0.29, 0.717) is 19.0 Å². The van der Waals surface area contributed by atoms with E-state index < -0.39 is 5.41 Å². The lowest BCUT2D eigenvalue weighted by Crippen LogP contribution is -2.45. The van der Waals surface area contributed by atoms with Gasteiger partial charge in [0.25, 0.3) is 0 Å². The van der Waals surface area contributed by atoms with Gasteiger partial charge < -0.3 is 15.5 Å². The highest BCUT2D eigenvalue weighted by Crippen LogP contribution is 2.48. The monoisotopic (exact) mass is 439 g/mol. The van der Waals surface area contributed by atoms with Crippen molar-refractivity contribution in [2.24, 2.45) is 5.73 Å². The van der Waals surface area contributed by atoms with Crippen molar-refractivity contribution in [2.75, 3.05) is 37.6 Å². The molecule has 2 aliphatic rings. The second-order valence-electron chi connectivity index (χ2n) is 9.31. The van der Waals surface area contributed by atoms with Crippen LogP contribution in [0.5, 0.6) is 0 Å². The number of hydrogen-bond acceptors (Lipinski definition) is 3. The number of fused-ring (bicyclic) bond motifs is 1. The Labute approximate surface area is 197 Å². The zero-order chi connectivity index (χ0) is 22.7. The van der Waals surface area contributed by atoms with Gasteiger partial charge in [-0.25, -0.2) is 0 Å². The van der Waals surface area contributed by atoms with Crippen molar-refractivity contribution >= 4 is 11.6 Å². The van der Waals surface area contributed by atoms with Gasteiger partial charge in [-0.3, -0.25) is 4.79 Å². The fraction of sp³-hybridized carbons (Fsp3) is 0.345. The molecule has 3 aromatic carbocycles. The lowest BCUT2D eigenvalue weighted by molar-refractivity contribution is -0.122. The Hall–Kier alpha value is -2.95. The number of amides is 1. The van der Waals surface area contributed by atoms with Gasteiger partial charge in [0.2, 0.25) is 5.91 Å². The average molecular weight is 440 g/mol. The highest BCUT2D eigenvalue weighted by atomic mass is 16.2. The van der Waals surface area contributed by atoms with E-state index in [9.17, 15) is 4.79 Å². The summed E-state index contributed by atoms with van der Waals surface area (Å²) in [5.41, 5.74) is 9.93. The van der Waals surface area contributed by atoms with Gasteiger partial charge in [0.05, 0.1) is 0 Å². The second-order valence-corrected chi connectivity index (χ2v) is 9.31. The van der Waals surface area contributed by atoms with Crippen molar-refractivity contribution in [1.29, 1.82) is 0 Å². The molecule has 0 aromatic heterocycles. The van der Waals surface area contributed by atoms with E-state index in [1.54, 1.807) is 0 Å². The molecule has 3 aromatic rings. The summed E-state index contributed by atoms with van der Waals surface area (Å²) in [7, 11) is 0. The molecule has 5 rings (SSSR count). The minimum atomic E-state index is -0.650. The summed E-state index contributed by atoms with van der Waals surface area (Å²) in [6.07, 6.45) is 3.13. The number of hydrogen-bond donors (Lipinski definition) is 1. The molecule has 0 saturated carbocycles. The molecule has 33 heavy (non-hydrogen) atoms. The zero-order valence-corrected chi connectivity index (χ0v) is 19.2. The van der Waals surface area contributed by atoms with Gasteiger partial charge in [-0.15, -0.1) is 0 Å². The molecular weight excluding hydrogens is 406 g/mol. The summed E-state index contributed by atoms with van der Waals surface area (Å²) in [4.78, 5) is 18.5. The van der Waals surface area contributed by atoms with Gasteiger partial charge in [-0.05, 0) is 67.6 Å². The summed E-state index contributed by atoms with van der Waals surface area (Å²) in [5, 5.41) is 0. The molecule has 1 atom stereocenters. The van der Waals surface area contributed by atoms with E-state index in [1.165, 1.54) is 18.4 Å². The lowest BCUT2D eigenvalue weighted by Gasteiger charge is -2.36. The van der Waals surface area contributed by atoms with Crippen LogP contribution in [0.25, 0.3) is 0 Å². The molecule has 2 aliphatic heterocycles. The number of rotatable bonds is 7. The van der Waals surface area contributed by atoms with Crippen LogP contribution < -0.4 is 10.6 Å². The first-order valence-corrected chi connectivity index (χ1v) is 12.2. The summed E-state index contributed by atoms with van der Waals surface area (Å²) in [6, 6.07) is 29.5. The van der Waals surface area contributed by atoms with Crippen molar-refractivity contribution in [3.63, 3.8) is 0 Å². The number of carbonyl (C=O) groups excluding carboxylic acids is 1. The third-order valence-corrected chi connectivity index (χ3v) is 7.55. The average Bonchev–Trinajstić information content (AvgIpc) is 3.12. The van der Waals surface area contributed by atoms with Crippen LogP contribution in [-0.4, -0.2) is 43.5 Å². The molecule has 1 saturated heterocycles. The first kappa shape index (κ1) is 21.9. The Kier molecular flexibility index (Phi) is 6.30. The molecule has 0 radical (unpaired) electrons. The van der Waals surface area contributed by atoms with E-state index in [2.05, 4.69) is 65.6 Å². The molecular formula is C29H33N3O. The van der Waals surface area contributed by atoms with Gasteiger partial charge in [-0.2, -0.15) is 0 Å². The van der Waals surface area contributed by atoms with Crippen molar-refractivity contribution in [3.05, 3.63) is 102 Å². The largest absolute Gasteiger partial charge is 0.329 e. The Morgan fingerprint density at radius 1 is 0.818 bits per heavy atom. The smallest absolute Gasteiger partial charge is 0.242 e. The maximum Gasteiger partial charge on any atom is 0.242 e. The number of nitrogens with two attached hydrogens (primary N) is 1. The number of anilines is 1. The number of para-hydroxylation sites is 1. The molecule has 170 valence electrons.